The molecule has 0 aliphatic rings. The number of hydrogen-bond donors (Lipinski definition) is 1. The van der Waals surface area contributed by atoms with Gasteiger partial charge in [-0.25, -0.2) is 4.79 Å². The lowest BCUT2D eigenvalue weighted by molar-refractivity contribution is -0.158. The van der Waals surface area contributed by atoms with Crippen LogP contribution < -0.4 is 5.32 Å². The fourth-order valence-electron chi connectivity index (χ4n) is 6.18. The Bertz CT molecular complexity index is 923. The molecule has 0 aliphatic carbocycles. The molecule has 1 amide bonds. The van der Waals surface area contributed by atoms with Crippen LogP contribution >= 0.6 is 0 Å². The standard InChI is InChI=1S/C43H75NO6/c1-3-5-7-9-11-13-15-17-19-21-23-25-30-34-41(45)48-38-40(36-44-43(47)49-37-39-32-28-27-29-33-39)50-42(46)35-31-26-24-22-20-18-16-14-12-10-8-6-4-2/h27-29,32-33,40H,3-26,30-31,34-38H2,1-2H3,(H,44,47). The van der Waals surface area contributed by atoms with E-state index in [1.54, 1.807) is 0 Å². The molecule has 0 radical (unpaired) electrons. The highest BCUT2D eigenvalue weighted by molar-refractivity contribution is 5.71. The monoisotopic (exact) mass is 702 g/mol. The van der Waals surface area contributed by atoms with Gasteiger partial charge in [-0.15, -0.1) is 0 Å². The average molecular weight is 702 g/mol. The van der Waals surface area contributed by atoms with Gasteiger partial charge in [-0.2, -0.15) is 0 Å². The Morgan fingerprint density at radius 2 is 0.920 bits per heavy atom. The second-order valence-corrected chi connectivity index (χ2v) is 14.2. The van der Waals surface area contributed by atoms with Crippen LogP contribution in [-0.2, 0) is 30.4 Å². The van der Waals surface area contributed by atoms with E-state index in [-0.39, 0.29) is 31.7 Å². The fourth-order valence-corrected chi connectivity index (χ4v) is 6.18. The van der Waals surface area contributed by atoms with Crippen LogP contribution in [0.25, 0.3) is 0 Å². The Hall–Kier alpha value is -2.57. The van der Waals surface area contributed by atoms with Gasteiger partial charge in [-0.1, -0.05) is 198 Å². The number of carbonyl (C=O) groups is 3. The van der Waals surface area contributed by atoms with Gasteiger partial charge in [0, 0.05) is 12.8 Å². The first-order chi connectivity index (χ1) is 24.5. The van der Waals surface area contributed by atoms with E-state index in [1.165, 1.54) is 128 Å². The van der Waals surface area contributed by atoms with Crippen molar-refractivity contribution >= 4 is 18.0 Å². The summed E-state index contributed by atoms with van der Waals surface area (Å²) in [5.41, 5.74) is 0.880. The summed E-state index contributed by atoms with van der Waals surface area (Å²) in [7, 11) is 0. The van der Waals surface area contributed by atoms with Gasteiger partial charge in [0.2, 0.25) is 0 Å². The lowest BCUT2D eigenvalue weighted by Gasteiger charge is -2.19. The molecule has 0 saturated heterocycles. The summed E-state index contributed by atoms with van der Waals surface area (Å²) in [4.78, 5) is 37.4. The van der Waals surface area contributed by atoms with Gasteiger partial charge >= 0.3 is 18.0 Å². The summed E-state index contributed by atoms with van der Waals surface area (Å²) in [5, 5.41) is 2.67. The lowest BCUT2D eigenvalue weighted by atomic mass is 10.0. The zero-order valence-corrected chi connectivity index (χ0v) is 32.3. The van der Waals surface area contributed by atoms with Crippen molar-refractivity contribution in [2.45, 2.75) is 206 Å². The van der Waals surface area contributed by atoms with Gasteiger partial charge in [-0.3, -0.25) is 9.59 Å². The van der Waals surface area contributed by atoms with Gasteiger partial charge in [0.15, 0.2) is 6.10 Å². The molecule has 1 rings (SSSR count). The van der Waals surface area contributed by atoms with Crippen molar-refractivity contribution in [1.82, 2.24) is 5.32 Å². The van der Waals surface area contributed by atoms with Crippen molar-refractivity contribution < 1.29 is 28.6 Å². The largest absolute Gasteiger partial charge is 0.462 e. The summed E-state index contributed by atoms with van der Waals surface area (Å²) in [5.74, 6) is -0.623. The van der Waals surface area contributed by atoms with Crippen LogP contribution in [0.5, 0.6) is 0 Å². The van der Waals surface area contributed by atoms with Gasteiger partial charge in [-0.05, 0) is 18.4 Å². The molecule has 288 valence electrons. The molecule has 0 fully saturated rings. The maximum atomic E-state index is 12.7. The molecule has 1 aromatic carbocycles. The highest BCUT2D eigenvalue weighted by Crippen LogP contribution is 2.15. The minimum Gasteiger partial charge on any atom is -0.462 e. The predicted octanol–water partition coefficient (Wildman–Crippen LogP) is 12.3. The third-order valence-corrected chi connectivity index (χ3v) is 9.38. The number of ether oxygens (including phenoxy) is 3. The smallest absolute Gasteiger partial charge is 0.407 e. The topological polar surface area (TPSA) is 90.9 Å². The zero-order valence-electron chi connectivity index (χ0n) is 32.3. The Labute approximate surface area is 306 Å². The first-order valence-electron chi connectivity index (χ1n) is 20.8. The van der Waals surface area contributed by atoms with Gasteiger partial charge in [0.05, 0.1) is 6.54 Å². The van der Waals surface area contributed by atoms with Crippen molar-refractivity contribution in [3.05, 3.63) is 35.9 Å². The van der Waals surface area contributed by atoms with Crippen molar-refractivity contribution in [2.24, 2.45) is 0 Å². The van der Waals surface area contributed by atoms with E-state index < -0.39 is 12.2 Å². The summed E-state index contributed by atoms with van der Waals surface area (Å²) >= 11 is 0. The molecule has 1 unspecified atom stereocenters. The highest BCUT2D eigenvalue weighted by atomic mass is 16.6. The maximum absolute atomic E-state index is 12.7. The van der Waals surface area contributed by atoms with E-state index in [4.69, 9.17) is 14.2 Å². The quantitative estimate of drug-likeness (QED) is 0.0430. The molecule has 1 atom stereocenters. The van der Waals surface area contributed by atoms with Gasteiger partial charge in [0.1, 0.15) is 13.2 Å². The number of carbonyl (C=O) groups excluding carboxylic acids is 3. The molecule has 7 heteroatoms. The Kier molecular flexibility index (Phi) is 31.7. The Morgan fingerprint density at radius 3 is 1.36 bits per heavy atom. The minimum absolute atomic E-state index is 0.0178. The molecule has 1 N–H and O–H groups in total. The number of rotatable bonds is 35. The van der Waals surface area contributed by atoms with E-state index in [9.17, 15) is 14.4 Å². The molecule has 0 heterocycles. The van der Waals surface area contributed by atoms with Crippen molar-refractivity contribution in [1.29, 1.82) is 0 Å². The van der Waals surface area contributed by atoms with Crippen molar-refractivity contribution in [2.75, 3.05) is 13.2 Å². The first-order valence-corrected chi connectivity index (χ1v) is 20.8. The van der Waals surface area contributed by atoms with E-state index in [0.717, 1.165) is 44.1 Å². The number of amides is 1. The molecule has 0 bridgehead atoms. The van der Waals surface area contributed by atoms with E-state index in [0.29, 0.717) is 12.8 Å². The number of nitrogens with one attached hydrogen (secondary N) is 1. The third-order valence-electron chi connectivity index (χ3n) is 9.38. The normalized spacial score (nSPS) is 11.6. The average Bonchev–Trinajstić information content (AvgIpc) is 3.12. The first kappa shape index (κ1) is 45.5. The number of unbranched alkanes of at least 4 members (excludes halogenated alkanes) is 24. The van der Waals surface area contributed by atoms with Gasteiger partial charge < -0.3 is 19.5 Å². The predicted molar refractivity (Wildman–Crippen MR) is 206 cm³/mol. The molecule has 7 nitrogen and oxygen atoms in total. The van der Waals surface area contributed by atoms with E-state index >= 15 is 0 Å². The van der Waals surface area contributed by atoms with Crippen LogP contribution in [0, 0.1) is 0 Å². The fraction of sp³-hybridized carbons (Fsp3) is 0.791. The van der Waals surface area contributed by atoms with E-state index in [1.807, 2.05) is 30.3 Å². The summed E-state index contributed by atoms with van der Waals surface area (Å²) < 4.78 is 16.4. The lowest BCUT2D eigenvalue weighted by Crippen LogP contribution is -2.38. The molecular weight excluding hydrogens is 626 g/mol. The van der Waals surface area contributed by atoms with Crippen LogP contribution in [0.4, 0.5) is 4.79 Å². The molecule has 0 aliphatic heterocycles. The van der Waals surface area contributed by atoms with E-state index in [2.05, 4.69) is 19.2 Å². The summed E-state index contributed by atoms with van der Waals surface area (Å²) in [6, 6.07) is 9.43. The summed E-state index contributed by atoms with van der Waals surface area (Å²) in [6.07, 6.45) is 31.7. The second-order valence-electron chi connectivity index (χ2n) is 14.2. The van der Waals surface area contributed by atoms with Crippen LogP contribution in [0.15, 0.2) is 30.3 Å². The Morgan fingerprint density at radius 1 is 0.520 bits per heavy atom. The van der Waals surface area contributed by atoms with Gasteiger partial charge in [0.25, 0.3) is 0 Å². The maximum Gasteiger partial charge on any atom is 0.407 e. The second kappa shape index (κ2) is 34.9. The zero-order chi connectivity index (χ0) is 36.2. The number of hydrogen-bond acceptors (Lipinski definition) is 6. The SMILES string of the molecule is CCCCCCCCCCCCCCCC(=O)OCC(CNC(=O)OCc1ccccc1)OC(=O)CCCCCCCCCCCCCCC. The number of esters is 2. The molecule has 0 saturated carbocycles. The molecule has 0 aromatic heterocycles. The molecule has 1 aromatic rings. The number of alkyl carbamates (subject to hydrolysis) is 1. The molecule has 0 spiro atoms. The minimum atomic E-state index is -0.760. The number of benzene rings is 1. The highest BCUT2D eigenvalue weighted by Gasteiger charge is 2.19. The Balaban J connectivity index is 2.26. The van der Waals surface area contributed by atoms with Crippen LogP contribution in [0.3, 0.4) is 0 Å². The van der Waals surface area contributed by atoms with Crippen molar-refractivity contribution in [3.63, 3.8) is 0 Å². The van der Waals surface area contributed by atoms with Crippen LogP contribution in [0.1, 0.15) is 199 Å². The molecule has 50 heavy (non-hydrogen) atoms. The summed E-state index contributed by atoms with van der Waals surface area (Å²) in [6.45, 7) is 4.59. The van der Waals surface area contributed by atoms with Crippen LogP contribution in [0.2, 0.25) is 0 Å². The third kappa shape index (κ3) is 30.3. The van der Waals surface area contributed by atoms with Crippen molar-refractivity contribution in [3.8, 4) is 0 Å². The molecular formula is C43H75NO6. The van der Waals surface area contributed by atoms with Crippen LogP contribution in [-0.4, -0.2) is 37.3 Å².